The molecule has 0 aromatic rings. The Morgan fingerprint density at radius 3 is 1.43 bits per heavy atom. The second-order valence-electron chi connectivity index (χ2n) is 0.353. The lowest BCUT2D eigenvalue weighted by Crippen LogP contribution is -1.29. The minimum absolute atomic E-state index is 0.778. The molecule has 0 radical (unpaired) electrons. The van der Waals surface area contributed by atoms with Crippen LogP contribution < -0.4 is 0 Å². The highest BCUT2D eigenvalue weighted by Crippen LogP contribution is 1.78. The van der Waals surface area contributed by atoms with E-state index in [4.69, 9.17) is 23.2 Å². The predicted octanol–water partition coefficient (Wildman–Crippen LogP) is 3.09. The van der Waals surface area contributed by atoms with Gasteiger partial charge in [0.15, 0.2) is 6.13 Å². The molecule has 4 heteroatoms. The second-order valence-corrected chi connectivity index (χ2v) is 1.06. The number of halogens is 4. The molecule has 7 heavy (non-hydrogen) atoms. The van der Waals surface area contributed by atoms with Crippen LogP contribution in [-0.4, -0.2) is 6.13 Å². The number of hydrogen-bond acceptors (Lipinski definition) is 0. The van der Waals surface area contributed by atoms with Crippen LogP contribution in [0.3, 0.4) is 0 Å². The summed E-state index contributed by atoms with van der Waals surface area (Å²) < 4.78 is 10.1. The molecule has 0 aliphatic heterocycles. The normalized spacial score (nSPS) is 8.00. The van der Waals surface area contributed by atoms with Gasteiger partial charge in [-0.05, 0) is 0 Å². The Kier molecular flexibility index (Phi) is 24.0. The molecule has 0 saturated heterocycles. The van der Waals surface area contributed by atoms with Crippen LogP contribution in [0, 0.1) is 0 Å². The lowest BCUT2D eigenvalue weighted by Gasteiger charge is -1.44. The van der Waals surface area contributed by atoms with E-state index in [2.05, 4.69) is 11.6 Å². The molecule has 0 fully saturated rings. The minimum Gasteiger partial charge on any atom is -0.234 e. The van der Waals surface area contributed by atoms with Gasteiger partial charge in [0.05, 0.1) is 0 Å². The molecule has 0 aromatic carbocycles. The Morgan fingerprint density at radius 2 is 1.43 bits per heavy atom. The smallest absolute Gasteiger partial charge is 0.163 e. The van der Waals surface area contributed by atoms with Gasteiger partial charge in [-0.25, -0.2) is 4.39 Å². The highest BCUT2D eigenvalue weighted by atomic mass is 35.5. The third-order valence-corrected chi connectivity index (χ3v) is 0.429. The average molecular weight is 165 g/mol. The van der Waals surface area contributed by atoms with E-state index in [0.717, 1.165) is 0 Å². The van der Waals surface area contributed by atoms with Gasteiger partial charge in [-0.15, -0.1) is 0 Å². The summed E-state index contributed by atoms with van der Waals surface area (Å²) in [6.45, 7) is 0. The van der Waals surface area contributed by atoms with Crippen LogP contribution in [0.15, 0.2) is 11.1 Å². The monoisotopic (exact) mass is 164 g/mol. The molecule has 0 rings (SSSR count). The zero-order chi connectivity index (χ0) is 6.12. The molecule has 0 amide bonds. The summed E-state index contributed by atoms with van der Waals surface area (Å²) in [5.74, 6) is 0. The summed E-state index contributed by atoms with van der Waals surface area (Å²) in [6, 6.07) is 0. The van der Waals surface area contributed by atoms with Gasteiger partial charge in [-0.1, -0.05) is 34.8 Å². The molecule has 0 aliphatic rings. The summed E-state index contributed by atoms with van der Waals surface area (Å²) in [7, 11) is 0. The zero-order valence-corrected chi connectivity index (χ0v) is 5.64. The van der Waals surface area contributed by atoms with E-state index in [9.17, 15) is 4.39 Å². The first-order valence-corrected chi connectivity index (χ1v) is 2.71. The van der Waals surface area contributed by atoms with Crippen molar-refractivity contribution in [3.05, 3.63) is 11.1 Å². The molecule has 0 saturated carbocycles. The van der Waals surface area contributed by atoms with Gasteiger partial charge in [-0.2, -0.15) is 0 Å². The summed E-state index contributed by atoms with van der Waals surface area (Å²) in [4.78, 5) is 0. The first-order valence-electron chi connectivity index (χ1n) is 1.30. The molecule has 0 N–H and O–H groups in total. The van der Waals surface area contributed by atoms with Gasteiger partial charge >= 0.3 is 0 Å². The standard InChI is InChI=1S/C2H2Cl2.CH2ClF/c3-1-2-4;2-1-3/h1-2H;1H2. The molecule has 0 heterocycles. The highest BCUT2D eigenvalue weighted by Gasteiger charge is 1.43. The lowest BCUT2D eigenvalue weighted by molar-refractivity contribution is 0.599. The van der Waals surface area contributed by atoms with Crippen molar-refractivity contribution in [3.63, 3.8) is 0 Å². The molecule has 0 bridgehead atoms. The van der Waals surface area contributed by atoms with Crippen LogP contribution >= 0.6 is 34.8 Å². The van der Waals surface area contributed by atoms with Crippen LogP contribution in [0.4, 0.5) is 4.39 Å². The third-order valence-electron chi connectivity index (χ3n) is 0.0476. The van der Waals surface area contributed by atoms with Crippen molar-refractivity contribution in [2.24, 2.45) is 0 Å². The van der Waals surface area contributed by atoms with Gasteiger partial charge in [0.1, 0.15) is 0 Å². The lowest BCUT2D eigenvalue weighted by atomic mass is 11.3. The van der Waals surface area contributed by atoms with Crippen molar-refractivity contribution < 1.29 is 4.39 Å². The Morgan fingerprint density at radius 1 is 1.29 bits per heavy atom. The van der Waals surface area contributed by atoms with E-state index in [1.807, 2.05) is 0 Å². The molecular weight excluding hydrogens is 161 g/mol. The van der Waals surface area contributed by atoms with Gasteiger partial charge in [-0.3, -0.25) is 0 Å². The van der Waals surface area contributed by atoms with E-state index in [-0.39, 0.29) is 0 Å². The fourth-order valence-corrected chi connectivity index (χ4v) is 0. The Balaban J connectivity index is 0. The molecule has 0 atom stereocenters. The summed E-state index contributed by atoms with van der Waals surface area (Å²) >= 11 is 14.1. The molecule has 0 unspecified atom stereocenters. The molecule has 0 spiro atoms. The Labute approximate surface area is 56.9 Å². The van der Waals surface area contributed by atoms with E-state index in [0.29, 0.717) is 0 Å². The van der Waals surface area contributed by atoms with Crippen molar-refractivity contribution in [1.29, 1.82) is 0 Å². The quantitative estimate of drug-likeness (QED) is 0.484. The Hall–Kier alpha value is 0.540. The summed E-state index contributed by atoms with van der Waals surface area (Å²) in [5, 5.41) is 0. The predicted molar refractivity (Wildman–Crippen MR) is 32.7 cm³/mol. The molecule has 0 aromatic heterocycles. The SMILES string of the molecule is ClC=CCl.FCCl. The highest BCUT2D eigenvalue weighted by molar-refractivity contribution is 6.33. The number of hydrogen-bond donors (Lipinski definition) is 0. The van der Waals surface area contributed by atoms with Crippen LogP contribution in [0.1, 0.15) is 0 Å². The van der Waals surface area contributed by atoms with Gasteiger partial charge < -0.3 is 0 Å². The fourth-order valence-electron chi connectivity index (χ4n) is 0. The van der Waals surface area contributed by atoms with E-state index < -0.39 is 6.13 Å². The molecular formula is C3H4Cl3F. The first kappa shape index (κ1) is 10.5. The Bertz CT molecular complexity index is 33.2. The second kappa shape index (κ2) is 16.0. The number of alkyl halides is 2. The zero-order valence-electron chi connectivity index (χ0n) is 3.37. The van der Waals surface area contributed by atoms with E-state index >= 15 is 0 Å². The van der Waals surface area contributed by atoms with Gasteiger partial charge in [0, 0.05) is 11.1 Å². The minimum atomic E-state index is -0.778. The third kappa shape index (κ3) is 56.8. The van der Waals surface area contributed by atoms with Gasteiger partial charge in [0.2, 0.25) is 0 Å². The summed E-state index contributed by atoms with van der Waals surface area (Å²) in [5.41, 5.74) is 2.48. The maximum absolute atomic E-state index is 10.1. The van der Waals surface area contributed by atoms with Crippen molar-refractivity contribution >= 4 is 34.8 Å². The topological polar surface area (TPSA) is 0 Å². The van der Waals surface area contributed by atoms with Crippen LogP contribution in [0.5, 0.6) is 0 Å². The van der Waals surface area contributed by atoms with Crippen LogP contribution in [0.2, 0.25) is 0 Å². The molecule has 0 aliphatic carbocycles. The average Bonchev–Trinajstić information content (AvgIpc) is 1.69. The van der Waals surface area contributed by atoms with Crippen molar-refractivity contribution in [2.75, 3.05) is 6.13 Å². The maximum atomic E-state index is 10.1. The maximum Gasteiger partial charge on any atom is 0.163 e. The summed E-state index contributed by atoms with van der Waals surface area (Å²) in [6.07, 6.45) is -0.778. The van der Waals surface area contributed by atoms with Crippen molar-refractivity contribution in [3.8, 4) is 0 Å². The van der Waals surface area contributed by atoms with Crippen molar-refractivity contribution in [2.45, 2.75) is 0 Å². The molecule has 44 valence electrons. The first-order chi connectivity index (χ1) is 3.33. The van der Waals surface area contributed by atoms with E-state index in [1.54, 1.807) is 0 Å². The molecule has 0 nitrogen and oxygen atoms in total. The fraction of sp³-hybridized carbons (Fsp3) is 0.333. The number of rotatable bonds is 0. The van der Waals surface area contributed by atoms with Crippen molar-refractivity contribution in [1.82, 2.24) is 0 Å². The van der Waals surface area contributed by atoms with Gasteiger partial charge in [0.25, 0.3) is 0 Å². The largest absolute Gasteiger partial charge is 0.234 e. The van der Waals surface area contributed by atoms with Crippen LogP contribution in [0.25, 0.3) is 0 Å². The van der Waals surface area contributed by atoms with Crippen LogP contribution in [-0.2, 0) is 0 Å². The van der Waals surface area contributed by atoms with E-state index in [1.165, 1.54) is 11.1 Å².